The second kappa shape index (κ2) is 8.71. The average molecular weight is 351 g/mol. The fourth-order valence-corrected chi connectivity index (χ4v) is 2.22. The summed E-state index contributed by atoms with van der Waals surface area (Å²) in [4.78, 5) is 15.3. The lowest BCUT2D eigenvalue weighted by Crippen LogP contribution is -2.19. The molecular weight excluding hydrogens is 333 g/mol. The normalized spacial score (nSPS) is 10.9. The standard InChI is InChI=1S/C18H18BN3O4/c1-4-17(26-11-13-5-6-14(19)10-15(13)25-3)22(20-2)16-9-12(18(23)24)7-8-21-16/h4-10H,2,11H2,1,3H3,(H,23,24)/b17-4+. The van der Waals surface area contributed by atoms with Crippen LogP contribution in [0.25, 0.3) is 0 Å². The molecule has 0 bridgehead atoms. The highest BCUT2D eigenvalue weighted by atomic mass is 16.5. The molecule has 8 heteroatoms. The SMILES string of the molecule is [B]c1ccc(CO/C(=C/C)N(N=C)c2cc(C(=O)O)ccn2)c(OC)c1. The maximum atomic E-state index is 11.1. The third kappa shape index (κ3) is 4.41. The van der Waals surface area contributed by atoms with Crippen LogP contribution in [0.4, 0.5) is 5.82 Å². The van der Waals surface area contributed by atoms with Crippen molar-refractivity contribution < 1.29 is 19.4 Å². The monoisotopic (exact) mass is 351 g/mol. The molecule has 2 radical (unpaired) electrons. The Labute approximate surface area is 153 Å². The van der Waals surface area contributed by atoms with Crippen LogP contribution in [0, 0.1) is 0 Å². The predicted molar refractivity (Wildman–Crippen MR) is 100 cm³/mol. The van der Waals surface area contributed by atoms with Gasteiger partial charge in [-0.2, -0.15) is 10.1 Å². The van der Waals surface area contributed by atoms with E-state index in [9.17, 15) is 4.79 Å². The van der Waals surface area contributed by atoms with Crippen molar-refractivity contribution in [3.8, 4) is 5.75 Å². The first-order valence-corrected chi connectivity index (χ1v) is 7.67. The lowest BCUT2D eigenvalue weighted by atomic mass is 9.95. The number of hydrogen-bond acceptors (Lipinski definition) is 6. The van der Waals surface area contributed by atoms with Crippen LogP contribution in [0.2, 0.25) is 0 Å². The molecular formula is C18H18BN3O4. The van der Waals surface area contributed by atoms with Crippen molar-refractivity contribution in [1.82, 2.24) is 4.98 Å². The zero-order chi connectivity index (χ0) is 19.1. The van der Waals surface area contributed by atoms with Gasteiger partial charge in [-0.15, -0.1) is 0 Å². The molecule has 2 aromatic rings. The average Bonchev–Trinajstić information content (AvgIpc) is 2.65. The van der Waals surface area contributed by atoms with E-state index in [1.807, 2.05) is 0 Å². The molecule has 26 heavy (non-hydrogen) atoms. The van der Waals surface area contributed by atoms with E-state index < -0.39 is 5.97 Å². The van der Waals surface area contributed by atoms with E-state index in [4.69, 9.17) is 22.4 Å². The largest absolute Gasteiger partial charge is 0.496 e. The third-order valence-corrected chi connectivity index (χ3v) is 3.49. The zero-order valence-electron chi connectivity index (χ0n) is 14.5. The van der Waals surface area contributed by atoms with Crippen molar-refractivity contribution in [3.05, 3.63) is 59.6 Å². The van der Waals surface area contributed by atoms with Crippen molar-refractivity contribution in [2.24, 2.45) is 5.10 Å². The van der Waals surface area contributed by atoms with E-state index in [0.29, 0.717) is 17.1 Å². The Kier molecular flexibility index (Phi) is 6.38. The summed E-state index contributed by atoms with van der Waals surface area (Å²) in [6.07, 6.45) is 3.06. The van der Waals surface area contributed by atoms with Gasteiger partial charge in [0.2, 0.25) is 5.88 Å². The van der Waals surface area contributed by atoms with Gasteiger partial charge < -0.3 is 14.6 Å². The molecule has 1 heterocycles. The van der Waals surface area contributed by atoms with E-state index in [-0.39, 0.29) is 18.0 Å². The summed E-state index contributed by atoms with van der Waals surface area (Å²) < 4.78 is 11.1. The van der Waals surface area contributed by atoms with Gasteiger partial charge >= 0.3 is 5.97 Å². The minimum absolute atomic E-state index is 0.0827. The number of benzene rings is 1. The van der Waals surface area contributed by atoms with Gasteiger partial charge in [-0.3, -0.25) is 0 Å². The summed E-state index contributed by atoms with van der Waals surface area (Å²) in [6.45, 7) is 5.45. The van der Waals surface area contributed by atoms with Crippen molar-refractivity contribution in [2.45, 2.75) is 13.5 Å². The smallest absolute Gasteiger partial charge is 0.335 e. The van der Waals surface area contributed by atoms with Gasteiger partial charge in [-0.1, -0.05) is 17.6 Å². The number of anilines is 1. The number of methoxy groups -OCH3 is 1. The Hall–Kier alpha value is -3.29. The Morgan fingerprint density at radius 3 is 2.81 bits per heavy atom. The molecule has 0 aliphatic carbocycles. The van der Waals surface area contributed by atoms with Crippen LogP contribution < -0.4 is 15.2 Å². The molecule has 0 amide bonds. The van der Waals surface area contributed by atoms with Gasteiger partial charge in [0.05, 0.1) is 12.7 Å². The van der Waals surface area contributed by atoms with Gasteiger partial charge in [-0.25, -0.2) is 9.78 Å². The maximum Gasteiger partial charge on any atom is 0.335 e. The van der Waals surface area contributed by atoms with Crippen LogP contribution in [0.5, 0.6) is 5.75 Å². The molecule has 0 aliphatic rings. The third-order valence-electron chi connectivity index (χ3n) is 3.49. The second-order valence-electron chi connectivity index (χ2n) is 5.15. The molecule has 0 atom stereocenters. The van der Waals surface area contributed by atoms with Crippen molar-refractivity contribution in [2.75, 3.05) is 12.1 Å². The van der Waals surface area contributed by atoms with Gasteiger partial charge in [0.25, 0.3) is 0 Å². The van der Waals surface area contributed by atoms with Crippen LogP contribution in [-0.2, 0) is 11.3 Å². The van der Waals surface area contributed by atoms with Crippen molar-refractivity contribution in [1.29, 1.82) is 0 Å². The highest BCUT2D eigenvalue weighted by Crippen LogP contribution is 2.23. The Bertz CT molecular complexity index is 839. The van der Waals surface area contributed by atoms with E-state index in [1.165, 1.54) is 23.3 Å². The topological polar surface area (TPSA) is 84.2 Å². The van der Waals surface area contributed by atoms with E-state index in [1.54, 1.807) is 38.3 Å². The Morgan fingerprint density at radius 1 is 1.42 bits per heavy atom. The number of nitrogens with zero attached hydrogens (tertiary/aromatic N) is 3. The molecule has 0 saturated heterocycles. The zero-order valence-corrected chi connectivity index (χ0v) is 14.5. The number of carboxylic acid groups (broad SMARTS) is 1. The fraction of sp³-hybridized carbons (Fsp3) is 0.167. The fourth-order valence-electron chi connectivity index (χ4n) is 2.22. The molecule has 0 saturated carbocycles. The van der Waals surface area contributed by atoms with Crippen LogP contribution in [0.1, 0.15) is 22.8 Å². The number of ether oxygens (including phenoxy) is 2. The first-order chi connectivity index (χ1) is 12.5. The summed E-state index contributed by atoms with van der Waals surface area (Å²) in [6, 6.07) is 8.03. The molecule has 132 valence electrons. The molecule has 0 spiro atoms. The highest BCUT2D eigenvalue weighted by molar-refractivity contribution is 6.32. The number of aromatic nitrogens is 1. The number of allylic oxidation sites excluding steroid dienone is 1. The van der Waals surface area contributed by atoms with Gasteiger partial charge in [0, 0.05) is 18.5 Å². The number of carbonyl (C=O) groups is 1. The lowest BCUT2D eigenvalue weighted by Gasteiger charge is -2.21. The van der Waals surface area contributed by atoms with E-state index >= 15 is 0 Å². The van der Waals surface area contributed by atoms with Crippen LogP contribution in [-0.4, -0.2) is 37.7 Å². The van der Waals surface area contributed by atoms with Crippen molar-refractivity contribution in [3.63, 3.8) is 0 Å². The summed E-state index contributed by atoms with van der Waals surface area (Å²) in [5, 5.41) is 14.3. The number of aromatic carboxylic acids is 1. The number of hydrogen-bond donors (Lipinski definition) is 1. The lowest BCUT2D eigenvalue weighted by molar-refractivity contribution is 0.0696. The van der Waals surface area contributed by atoms with Crippen LogP contribution >= 0.6 is 0 Å². The molecule has 0 aliphatic heterocycles. The maximum absolute atomic E-state index is 11.1. The van der Waals surface area contributed by atoms with Gasteiger partial charge in [-0.05, 0) is 31.2 Å². The highest BCUT2D eigenvalue weighted by Gasteiger charge is 2.16. The Balaban J connectivity index is 2.22. The van der Waals surface area contributed by atoms with Gasteiger partial charge in [0.1, 0.15) is 20.2 Å². The predicted octanol–water partition coefficient (Wildman–Crippen LogP) is 2.08. The number of carboxylic acids is 1. The summed E-state index contributed by atoms with van der Waals surface area (Å²) in [7, 11) is 7.30. The van der Waals surface area contributed by atoms with Crippen molar-refractivity contribution >= 4 is 31.8 Å². The summed E-state index contributed by atoms with van der Waals surface area (Å²) >= 11 is 0. The van der Waals surface area contributed by atoms with Crippen LogP contribution in [0.15, 0.2) is 53.6 Å². The number of pyridine rings is 1. The van der Waals surface area contributed by atoms with Gasteiger partial charge in [0.15, 0.2) is 5.82 Å². The molecule has 1 aromatic heterocycles. The molecule has 1 aromatic carbocycles. The Morgan fingerprint density at radius 2 is 2.19 bits per heavy atom. The van der Waals surface area contributed by atoms with E-state index in [2.05, 4.69) is 16.8 Å². The number of rotatable bonds is 8. The van der Waals surface area contributed by atoms with E-state index in [0.717, 1.165) is 5.56 Å². The molecule has 0 fully saturated rings. The summed E-state index contributed by atoms with van der Waals surface area (Å²) in [5.41, 5.74) is 1.46. The first kappa shape index (κ1) is 19.0. The quantitative estimate of drug-likeness (QED) is 0.339. The summed E-state index contributed by atoms with van der Waals surface area (Å²) in [5.74, 6) is 0.156. The molecule has 0 unspecified atom stereocenters. The second-order valence-corrected chi connectivity index (χ2v) is 5.15. The number of hydrazone groups is 1. The molecule has 1 N–H and O–H groups in total. The first-order valence-electron chi connectivity index (χ1n) is 7.67. The van der Waals surface area contributed by atoms with Crippen LogP contribution in [0.3, 0.4) is 0 Å². The molecule has 2 rings (SSSR count). The minimum Gasteiger partial charge on any atom is -0.496 e. The minimum atomic E-state index is -1.06. The molecule has 7 nitrogen and oxygen atoms in total.